The maximum Gasteiger partial charge on any atom is 0.338 e. The molecule has 0 radical (unpaired) electrons. The molecule has 1 N–H and O–H groups in total. The summed E-state index contributed by atoms with van der Waals surface area (Å²) < 4.78 is 6.88. The Hall–Kier alpha value is -1.38. The number of pyridine rings is 1. The molecule has 0 aliphatic rings. The van der Waals surface area contributed by atoms with Gasteiger partial charge < -0.3 is 4.43 Å². The Morgan fingerprint density at radius 3 is 2.56 bits per heavy atom. The van der Waals surface area contributed by atoms with Crippen LogP contribution in [0.4, 0.5) is 0 Å². The van der Waals surface area contributed by atoms with Gasteiger partial charge in [0.1, 0.15) is 0 Å². The first-order valence-electron chi connectivity index (χ1n) is 5.96. The zero-order chi connectivity index (χ0) is 14.0. The molecule has 1 aromatic rings. The average molecular weight is 265 g/mol. The molecule has 98 valence electrons. The standard InChI is InChI=1S/C13H21N2O2Si/c1-13(2,3)18(4,5)17-10-11-7-6-8-15(16)12(11)9-14/h6-8,16H,10H2,1-5H3/q+1. The van der Waals surface area contributed by atoms with E-state index in [-0.39, 0.29) is 10.7 Å². The van der Waals surface area contributed by atoms with Crippen LogP contribution < -0.4 is 4.73 Å². The summed E-state index contributed by atoms with van der Waals surface area (Å²) in [6, 6.07) is 5.49. The lowest BCUT2D eigenvalue weighted by Crippen LogP contribution is -2.41. The topological polar surface area (TPSA) is 57.1 Å². The summed E-state index contributed by atoms with van der Waals surface area (Å²) in [5.74, 6) is 0. The molecule has 0 atom stereocenters. The van der Waals surface area contributed by atoms with Gasteiger partial charge in [0.25, 0.3) is 0 Å². The fraction of sp³-hybridized carbons (Fsp3) is 0.538. The van der Waals surface area contributed by atoms with Crippen molar-refractivity contribution in [1.82, 2.24) is 0 Å². The van der Waals surface area contributed by atoms with E-state index in [0.29, 0.717) is 12.2 Å². The van der Waals surface area contributed by atoms with Crippen LogP contribution in [0, 0.1) is 11.3 Å². The molecule has 0 saturated carbocycles. The predicted octanol–water partition coefficient (Wildman–Crippen LogP) is 2.60. The lowest BCUT2D eigenvalue weighted by molar-refractivity contribution is -0.906. The van der Waals surface area contributed by atoms with Gasteiger partial charge in [-0.15, -0.1) is 0 Å². The Labute approximate surface area is 110 Å². The molecule has 0 spiro atoms. The second-order valence-corrected chi connectivity index (χ2v) is 10.7. The van der Waals surface area contributed by atoms with Crippen LogP contribution in [0.2, 0.25) is 18.1 Å². The molecule has 1 rings (SSSR count). The van der Waals surface area contributed by atoms with Gasteiger partial charge in [-0.3, -0.25) is 5.21 Å². The van der Waals surface area contributed by atoms with E-state index in [4.69, 9.17) is 9.69 Å². The first kappa shape index (κ1) is 14.7. The van der Waals surface area contributed by atoms with Crippen molar-refractivity contribution in [3.63, 3.8) is 0 Å². The third-order valence-corrected chi connectivity index (χ3v) is 8.04. The molecule has 5 heteroatoms. The van der Waals surface area contributed by atoms with Crippen LogP contribution in [0.15, 0.2) is 18.3 Å². The molecule has 1 heterocycles. The van der Waals surface area contributed by atoms with Gasteiger partial charge in [-0.25, -0.2) is 0 Å². The minimum absolute atomic E-state index is 0.129. The maximum absolute atomic E-state index is 9.53. The highest BCUT2D eigenvalue weighted by molar-refractivity contribution is 6.74. The van der Waals surface area contributed by atoms with Crippen molar-refractivity contribution in [2.45, 2.75) is 45.5 Å². The van der Waals surface area contributed by atoms with Crippen molar-refractivity contribution in [1.29, 1.82) is 5.26 Å². The molecule has 0 bridgehead atoms. The van der Waals surface area contributed by atoms with Crippen LogP contribution in [0.5, 0.6) is 0 Å². The number of hydrogen-bond donors (Lipinski definition) is 1. The van der Waals surface area contributed by atoms with Crippen molar-refractivity contribution in [3.05, 3.63) is 29.6 Å². The van der Waals surface area contributed by atoms with Crippen LogP contribution in [0.1, 0.15) is 32.0 Å². The van der Waals surface area contributed by atoms with Gasteiger partial charge in [0.15, 0.2) is 14.4 Å². The maximum atomic E-state index is 9.53. The Bertz CT molecular complexity index is 473. The normalized spacial score (nSPS) is 12.2. The lowest BCUT2D eigenvalue weighted by atomic mass is 10.2. The molecular weight excluding hydrogens is 244 g/mol. The smallest absolute Gasteiger partial charge is 0.338 e. The molecule has 18 heavy (non-hydrogen) atoms. The van der Waals surface area contributed by atoms with Crippen molar-refractivity contribution >= 4 is 8.32 Å². The third kappa shape index (κ3) is 3.09. The lowest BCUT2D eigenvalue weighted by Gasteiger charge is -2.36. The van der Waals surface area contributed by atoms with Gasteiger partial charge in [-0.2, -0.15) is 5.26 Å². The number of hydrogen-bond acceptors (Lipinski definition) is 3. The highest BCUT2D eigenvalue weighted by atomic mass is 28.4. The highest BCUT2D eigenvalue weighted by Gasteiger charge is 2.37. The summed E-state index contributed by atoms with van der Waals surface area (Å²) in [4.78, 5) is 0. The van der Waals surface area contributed by atoms with E-state index < -0.39 is 8.32 Å². The van der Waals surface area contributed by atoms with Gasteiger partial charge in [0.05, 0.1) is 12.2 Å². The van der Waals surface area contributed by atoms with Crippen molar-refractivity contribution < 1.29 is 14.4 Å². The van der Waals surface area contributed by atoms with E-state index in [1.165, 1.54) is 6.20 Å². The number of nitriles is 1. The summed E-state index contributed by atoms with van der Waals surface area (Å²) in [7, 11) is -1.84. The average Bonchev–Trinajstić information content (AvgIpc) is 2.25. The van der Waals surface area contributed by atoms with E-state index in [9.17, 15) is 5.21 Å². The Balaban J connectivity index is 2.89. The summed E-state index contributed by atoms with van der Waals surface area (Å²) >= 11 is 0. The van der Waals surface area contributed by atoms with Gasteiger partial charge in [-0.1, -0.05) is 20.8 Å². The van der Waals surface area contributed by atoms with Gasteiger partial charge in [0, 0.05) is 10.8 Å². The second-order valence-electron chi connectivity index (χ2n) is 5.89. The molecule has 0 saturated heterocycles. The van der Waals surface area contributed by atoms with Crippen molar-refractivity contribution in [2.75, 3.05) is 0 Å². The molecule has 0 fully saturated rings. The zero-order valence-electron chi connectivity index (χ0n) is 11.7. The van der Waals surface area contributed by atoms with Crippen LogP contribution in [-0.4, -0.2) is 13.5 Å². The quantitative estimate of drug-likeness (QED) is 0.519. The van der Waals surface area contributed by atoms with E-state index in [2.05, 4.69) is 33.9 Å². The molecular formula is C13H21N2O2Si+. The Kier molecular flexibility index (Phi) is 4.15. The summed E-state index contributed by atoms with van der Waals surface area (Å²) in [5, 5.41) is 18.7. The SMILES string of the molecule is CC(C)(C)[Si](C)(C)OCc1ccc[n+](O)c1C#N. The van der Waals surface area contributed by atoms with Gasteiger partial charge >= 0.3 is 5.69 Å². The second kappa shape index (κ2) is 5.08. The number of nitrogens with zero attached hydrogens (tertiary/aromatic N) is 2. The Morgan fingerprint density at radius 1 is 1.44 bits per heavy atom. The first-order chi connectivity index (χ1) is 8.19. The predicted molar refractivity (Wildman–Crippen MR) is 70.5 cm³/mol. The summed E-state index contributed by atoms with van der Waals surface area (Å²) in [6.07, 6.45) is 1.44. The highest BCUT2D eigenvalue weighted by Crippen LogP contribution is 2.37. The van der Waals surface area contributed by atoms with Crippen LogP contribution in [-0.2, 0) is 11.0 Å². The summed E-state index contributed by atoms with van der Waals surface area (Å²) in [5.41, 5.74) is 0.948. The molecule has 0 amide bonds. The third-order valence-electron chi connectivity index (χ3n) is 3.56. The molecule has 0 aromatic carbocycles. The fourth-order valence-electron chi connectivity index (χ4n) is 1.26. The Morgan fingerprint density at radius 2 is 2.06 bits per heavy atom. The van der Waals surface area contributed by atoms with Crippen molar-refractivity contribution in [2.24, 2.45) is 0 Å². The van der Waals surface area contributed by atoms with Crippen LogP contribution >= 0.6 is 0 Å². The molecule has 0 unspecified atom stereocenters. The van der Waals surface area contributed by atoms with E-state index in [1.54, 1.807) is 12.1 Å². The minimum Gasteiger partial charge on any atom is -0.412 e. The van der Waals surface area contributed by atoms with Gasteiger partial charge in [-0.05, 0) is 24.2 Å². The molecule has 0 aliphatic carbocycles. The van der Waals surface area contributed by atoms with Crippen LogP contribution in [0.3, 0.4) is 0 Å². The van der Waals surface area contributed by atoms with Crippen molar-refractivity contribution in [3.8, 4) is 6.07 Å². The zero-order valence-corrected chi connectivity index (χ0v) is 12.7. The first-order valence-corrected chi connectivity index (χ1v) is 8.87. The molecule has 1 aromatic heterocycles. The number of aromatic nitrogens is 1. The van der Waals surface area contributed by atoms with Crippen LogP contribution in [0.25, 0.3) is 0 Å². The summed E-state index contributed by atoms with van der Waals surface area (Å²) in [6.45, 7) is 11.2. The van der Waals surface area contributed by atoms with Gasteiger partial charge in [0.2, 0.25) is 6.20 Å². The fourth-order valence-corrected chi connectivity index (χ4v) is 2.20. The van der Waals surface area contributed by atoms with E-state index in [1.807, 2.05) is 6.07 Å². The number of rotatable bonds is 3. The molecule has 4 nitrogen and oxygen atoms in total. The van der Waals surface area contributed by atoms with E-state index >= 15 is 0 Å². The monoisotopic (exact) mass is 265 g/mol. The van der Waals surface area contributed by atoms with E-state index in [0.717, 1.165) is 4.73 Å². The molecule has 0 aliphatic heterocycles. The minimum atomic E-state index is -1.84. The largest absolute Gasteiger partial charge is 0.412 e.